The molecule has 0 bridgehead atoms. The molecule has 8 nitrogen and oxygen atoms in total. The van der Waals surface area contributed by atoms with Crippen molar-refractivity contribution in [3.8, 4) is 45.0 Å². The number of nitrogens with zero attached hydrogens (tertiary/aromatic N) is 4. The standard InChI is InChI=1S/C29H28NO.C28H26NO.C27H26NO.C26H24NO/c1-19-16-28-26(24-13-12-21-10-6-7-11-23(21)29(24)31-28)18-25(19)27-17-22(14-15-30(27)2)20-8-4-3-5-9-20;1-18-15-27-25(23-12-11-20-9-5-6-10-22(20)28(23)30-27)17-24(18)26-16-21(13-14-29(26)2)19-7-3-4-8-19;1-17(2)13-19-11-12-28(4)25(15-19)23-16-24-22-10-9-20-7-5-6-8-21(20)27(22)29-26(24)14-18(23)3;1-16(2)19-11-12-27(4)24(14-19)22-15-23-21-10-9-18-7-5-6-8-20(18)26(21)28-25(23)13-17(22)3/h6-7,10-18,20H,3-5,8-9H2,1-2H3;5-6,9-17,19H,3-4,7-8H2,1-2H3;5-12,14-17H,13H2,1-4H3;5-16H,1-4H3/q4*+1/i20D;19D;13D2;1D3,16D. The van der Waals surface area contributed by atoms with Gasteiger partial charge in [0, 0.05) is 146 Å². The molecule has 0 amide bonds. The third-order valence-corrected chi connectivity index (χ3v) is 24.9. The third kappa shape index (κ3) is 14.0. The number of rotatable bonds is 9. The molecule has 20 aromatic rings. The summed E-state index contributed by atoms with van der Waals surface area (Å²) in [5, 5.41) is 18.1. The van der Waals surface area contributed by atoms with E-state index in [9.17, 15) is 0 Å². The van der Waals surface area contributed by atoms with Crippen LogP contribution >= 0.6 is 0 Å². The van der Waals surface area contributed by atoms with E-state index in [4.69, 9.17) is 28.6 Å². The molecule has 8 heterocycles. The summed E-state index contributed by atoms with van der Waals surface area (Å²) in [4.78, 5) is 0. The zero-order chi connectivity index (χ0) is 87.8. The number of hydrogen-bond donors (Lipinski definition) is 0. The van der Waals surface area contributed by atoms with Crippen LogP contribution in [0.15, 0.2) is 285 Å². The van der Waals surface area contributed by atoms with Crippen LogP contribution in [0.25, 0.3) is 176 Å². The van der Waals surface area contributed by atoms with Gasteiger partial charge in [-0.05, 0) is 222 Å². The third-order valence-electron chi connectivity index (χ3n) is 24.9. The van der Waals surface area contributed by atoms with Crippen LogP contribution in [0, 0.1) is 33.6 Å². The van der Waals surface area contributed by atoms with E-state index < -0.39 is 30.9 Å². The Morgan fingerprint density at radius 1 is 0.339 bits per heavy atom. The Balaban J connectivity index is 0.000000110. The first-order valence-corrected chi connectivity index (χ1v) is 41.8. The lowest BCUT2D eigenvalue weighted by molar-refractivity contribution is -0.660. The van der Waals surface area contributed by atoms with Crippen molar-refractivity contribution in [2.75, 3.05) is 0 Å². The summed E-state index contributed by atoms with van der Waals surface area (Å²) in [6, 6.07) is 84.0. The lowest BCUT2D eigenvalue weighted by Crippen LogP contribution is -2.31. The maximum Gasteiger partial charge on any atom is 0.212 e. The summed E-state index contributed by atoms with van der Waals surface area (Å²) in [6.07, 6.45) is 16.3. The monoisotopic (exact) mass is 1550 g/mol. The van der Waals surface area contributed by atoms with Gasteiger partial charge in [-0.15, -0.1) is 0 Å². The minimum Gasteiger partial charge on any atom is -0.455 e. The van der Waals surface area contributed by atoms with E-state index in [1.807, 2.05) is 100 Å². The molecule has 2 aliphatic carbocycles. The van der Waals surface area contributed by atoms with Crippen LogP contribution in [-0.4, -0.2) is 0 Å². The molecule has 8 aromatic heterocycles. The van der Waals surface area contributed by atoms with Gasteiger partial charge in [-0.25, -0.2) is 18.3 Å². The molecule has 0 aliphatic heterocycles. The smallest absolute Gasteiger partial charge is 0.212 e. The van der Waals surface area contributed by atoms with Crippen molar-refractivity contribution >= 4 is 131 Å². The number of aryl methyl sites for hydroxylation is 8. The molecule has 22 rings (SSSR count). The van der Waals surface area contributed by atoms with Gasteiger partial charge in [0.1, 0.15) is 72.9 Å². The summed E-state index contributed by atoms with van der Waals surface area (Å²) in [6.45, 7) is 11.3. The second-order valence-corrected chi connectivity index (χ2v) is 33.3. The Bertz CT molecular complexity index is 7560. The van der Waals surface area contributed by atoms with E-state index in [-0.39, 0.29) is 5.92 Å². The highest BCUT2D eigenvalue weighted by atomic mass is 16.3. The fraction of sp³-hybridized carbons (Fsp3) is 0.236. The van der Waals surface area contributed by atoms with Crippen molar-refractivity contribution < 1.29 is 46.9 Å². The van der Waals surface area contributed by atoms with Gasteiger partial charge in [0.25, 0.3) is 0 Å². The van der Waals surface area contributed by atoms with Crippen LogP contribution in [0.3, 0.4) is 0 Å². The first-order valence-electron chi connectivity index (χ1n) is 45.8. The summed E-state index contributed by atoms with van der Waals surface area (Å²) in [5.41, 5.74) is 23.9. The van der Waals surface area contributed by atoms with Gasteiger partial charge in [-0.3, -0.25) is 0 Å². The molecule has 0 radical (unpaired) electrons. The Morgan fingerprint density at radius 2 is 0.644 bits per heavy atom. The normalized spacial score (nSPS) is 15.8. The number of hydrogen-bond acceptors (Lipinski definition) is 4. The molecule has 1 atom stereocenters. The number of furan rings is 4. The van der Waals surface area contributed by atoms with Crippen LogP contribution in [0.5, 0.6) is 0 Å². The van der Waals surface area contributed by atoms with Crippen molar-refractivity contribution in [2.45, 2.75) is 137 Å². The fourth-order valence-corrected chi connectivity index (χ4v) is 18.5. The number of pyridine rings is 4. The highest BCUT2D eigenvalue weighted by molar-refractivity contribution is 6.19. The molecule has 584 valence electrons. The maximum atomic E-state index is 9.11. The van der Waals surface area contributed by atoms with Crippen molar-refractivity contribution in [2.24, 2.45) is 34.1 Å². The predicted molar refractivity (Wildman–Crippen MR) is 490 cm³/mol. The zero-order valence-electron chi connectivity index (χ0n) is 77.3. The van der Waals surface area contributed by atoms with Gasteiger partial charge in [0.05, 0.1) is 0 Å². The average molecular weight is 1550 g/mol. The molecule has 0 saturated heterocycles. The lowest BCUT2D eigenvalue weighted by Gasteiger charge is -2.21. The SMILES string of the molecule is [2H]C([2H])([2H])C([2H])(C)c1cc[n+](C)c(-c2cc3c(cc2C)oc2c4ccccc4ccc32)c1.[2H]C([2H])(c1cc[n+](C)c(-c2cc3c(cc2C)oc2c4ccccc4ccc32)c1)C(C)C.[2H]C1(c2cc[n+](C)c(-c3cc4c(cc3C)oc3c5ccccc5ccc43)c2)CCCC1.[2H]C1(c2cc[n+](C)c(-c3cc4c(cc3C)oc3c5ccccc5ccc43)c2)CCCCC1. The average Bonchev–Trinajstić information content (AvgIpc) is 1.57. The maximum absolute atomic E-state index is 9.11. The summed E-state index contributed by atoms with van der Waals surface area (Å²) >= 11 is 0. The Kier molecular flexibility index (Phi) is 17.6. The molecule has 0 N–H and O–H groups in total. The van der Waals surface area contributed by atoms with Crippen molar-refractivity contribution in [3.05, 3.63) is 312 Å². The number of fused-ring (bicyclic) bond motifs is 20. The van der Waals surface area contributed by atoms with Crippen LogP contribution in [0.4, 0.5) is 0 Å². The molecular formula is C110H104N4O4+4. The first-order chi connectivity index (χ1) is 60.4. The quantitative estimate of drug-likeness (QED) is 0.135. The van der Waals surface area contributed by atoms with Gasteiger partial charge in [0.15, 0.2) is 24.8 Å². The van der Waals surface area contributed by atoms with E-state index in [2.05, 4.69) is 249 Å². The molecule has 1 unspecified atom stereocenters. The van der Waals surface area contributed by atoms with Crippen LogP contribution in [0.1, 0.15) is 159 Å². The largest absolute Gasteiger partial charge is 0.455 e. The Morgan fingerprint density at radius 3 is 0.983 bits per heavy atom. The minimum absolute atomic E-state index is 0.109. The van der Waals surface area contributed by atoms with E-state index in [0.717, 1.165) is 222 Å². The topological polar surface area (TPSA) is 68.1 Å². The van der Waals surface area contributed by atoms with Crippen molar-refractivity contribution in [1.29, 1.82) is 0 Å². The molecule has 2 aliphatic rings. The predicted octanol–water partition coefficient (Wildman–Crippen LogP) is 28.2. The molecule has 2 fully saturated rings. The van der Waals surface area contributed by atoms with E-state index in [1.54, 1.807) is 6.07 Å². The molecule has 8 heteroatoms. The number of benzene rings is 12. The molecular weight excluding hydrogens is 1440 g/mol. The summed E-state index contributed by atoms with van der Waals surface area (Å²) in [7, 11) is 8.13. The minimum atomic E-state index is -2.43. The van der Waals surface area contributed by atoms with Crippen LogP contribution in [0.2, 0.25) is 0 Å². The Labute approximate surface area is 702 Å². The zero-order valence-corrected chi connectivity index (χ0v) is 69.3. The molecule has 118 heavy (non-hydrogen) atoms. The van der Waals surface area contributed by atoms with Crippen molar-refractivity contribution in [1.82, 2.24) is 0 Å². The van der Waals surface area contributed by atoms with E-state index in [1.165, 1.54) is 51.8 Å². The van der Waals surface area contributed by atoms with Gasteiger partial charge >= 0.3 is 0 Å². The van der Waals surface area contributed by atoms with Gasteiger partial charge in [0.2, 0.25) is 22.8 Å². The van der Waals surface area contributed by atoms with Crippen LogP contribution < -0.4 is 18.3 Å². The van der Waals surface area contributed by atoms with Gasteiger partial charge < -0.3 is 17.7 Å². The van der Waals surface area contributed by atoms with Gasteiger partial charge in [-0.2, -0.15) is 0 Å². The second-order valence-electron chi connectivity index (χ2n) is 33.3. The number of aromatic nitrogens is 4. The fourth-order valence-electron chi connectivity index (χ4n) is 18.5. The van der Waals surface area contributed by atoms with Crippen molar-refractivity contribution in [3.63, 3.8) is 0 Å². The molecule has 0 spiro atoms. The van der Waals surface area contributed by atoms with E-state index >= 15 is 0 Å². The summed E-state index contributed by atoms with van der Waals surface area (Å²) < 4.78 is 101. The highest BCUT2D eigenvalue weighted by Gasteiger charge is 2.27. The molecule has 2 saturated carbocycles. The van der Waals surface area contributed by atoms with E-state index in [0.29, 0.717) is 11.1 Å². The summed E-state index contributed by atoms with van der Waals surface area (Å²) in [5.74, 6) is -2.71. The van der Waals surface area contributed by atoms with Gasteiger partial charge in [-0.1, -0.05) is 181 Å². The first kappa shape index (κ1) is 66.6. The second kappa shape index (κ2) is 31.2. The van der Waals surface area contributed by atoms with Crippen LogP contribution in [-0.2, 0) is 34.6 Å². The molecule has 12 aromatic carbocycles. The lowest BCUT2D eigenvalue weighted by atomic mass is 9.84. The Hall–Kier alpha value is -12.5. The highest BCUT2D eigenvalue weighted by Crippen LogP contribution is 2.45.